The summed E-state index contributed by atoms with van der Waals surface area (Å²) >= 11 is 0. The van der Waals surface area contributed by atoms with Gasteiger partial charge in [0.15, 0.2) is 0 Å². The molecular weight excluding hydrogens is 192 g/mol. The van der Waals surface area contributed by atoms with E-state index in [1.807, 2.05) is 36.4 Å². The number of rotatable bonds is 0. The minimum atomic E-state index is 1.16. The van der Waals surface area contributed by atoms with E-state index in [1.54, 1.807) is 25.7 Å². The zero-order valence-corrected chi connectivity index (χ0v) is 10.3. The SMILES string of the molecule is C1CCC2CCCCC2C1.c1ccccc1. The fourth-order valence-corrected chi connectivity index (χ4v) is 3.24. The minimum absolute atomic E-state index is 1.16. The summed E-state index contributed by atoms with van der Waals surface area (Å²) in [5.74, 6) is 2.31. The molecular formula is C16H24. The van der Waals surface area contributed by atoms with Crippen LogP contribution in [-0.2, 0) is 0 Å². The van der Waals surface area contributed by atoms with E-state index in [4.69, 9.17) is 0 Å². The fourth-order valence-electron chi connectivity index (χ4n) is 3.24. The van der Waals surface area contributed by atoms with Crippen LogP contribution in [0, 0.1) is 11.8 Å². The quantitative estimate of drug-likeness (QED) is 0.569. The van der Waals surface area contributed by atoms with E-state index in [-0.39, 0.29) is 0 Å². The summed E-state index contributed by atoms with van der Waals surface area (Å²) < 4.78 is 0. The maximum absolute atomic E-state index is 2.00. The third-order valence-electron chi connectivity index (χ3n) is 4.13. The average molecular weight is 216 g/mol. The maximum atomic E-state index is 2.00. The molecule has 0 saturated heterocycles. The van der Waals surface area contributed by atoms with E-state index in [1.165, 1.54) is 25.7 Å². The molecule has 1 aromatic rings. The Morgan fingerprint density at radius 2 is 0.688 bits per heavy atom. The van der Waals surface area contributed by atoms with E-state index < -0.39 is 0 Å². The van der Waals surface area contributed by atoms with Crippen molar-refractivity contribution in [3.05, 3.63) is 36.4 Å². The largest absolute Gasteiger partial charge is 0.0623 e. The Morgan fingerprint density at radius 3 is 0.938 bits per heavy atom. The predicted molar refractivity (Wildman–Crippen MR) is 70.4 cm³/mol. The minimum Gasteiger partial charge on any atom is -0.0623 e. The predicted octanol–water partition coefficient (Wildman–Crippen LogP) is 5.05. The number of fused-ring (bicyclic) bond motifs is 1. The summed E-state index contributed by atoms with van der Waals surface area (Å²) in [5, 5.41) is 0. The molecule has 0 unspecified atom stereocenters. The topological polar surface area (TPSA) is 0 Å². The van der Waals surface area contributed by atoms with Gasteiger partial charge in [-0.25, -0.2) is 0 Å². The Morgan fingerprint density at radius 1 is 0.438 bits per heavy atom. The first-order valence-corrected chi connectivity index (χ1v) is 6.97. The Balaban J connectivity index is 0.000000138. The maximum Gasteiger partial charge on any atom is -0.0386 e. The highest BCUT2D eigenvalue weighted by molar-refractivity contribution is 4.99. The van der Waals surface area contributed by atoms with E-state index in [0.717, 1.165) is 11.8 Å². The van der Waals surface area contributed by atoms with Crippen molar-refractivity contribution < 1.29 is 0 Å². The van der Waals surface area contributed by atoms with Gasteiger partial charge in [0.05, 0.1) is 0 Å². The lowest BCUT2D eigenvalue weighted by Gasteiger charge is -2.35. The highest BCUT2D eigenvalue weighted by Gasteiger charge is 2.26. The van der Waals surface area contributed by atoms with Gasteiger partial charge >= 0.3 is 0 Å². The van der Waals surface area contributed by atoms with Crippen LogP contribution in [0.25, 0.3) is 0 Å². The number of benzene rings is 1. The molecule has 0 amide bonds. The summed E-state index contributed by atoms with van der Waals surface area (Å²) in [6.45, 7) is 0. The second kappa shape index (κ2) is 6.73. The first-order chi connectivity index (χ1) is 7.97. The van der Waals surface area contributed by atoms with E-state index in [0.29, 0.717) is 0 Å². The molecule has 2 saturated carbocycles. The molecule has 0 radical (unpaired) electrons. The average Bonchev–Trinajstić information content (AvgIpc) is 2.42. The Bertz CT molecular complexity index is 212. The van der Waals surface area contributed by atoms with Gasteiger partial charge in [-0.15, -0.1) is 0 Å². The molecule has 0 heteroatoms. The van der Waals surface area contributed by atoms with E-state index in [2.05, 4.69) is 0 Å². The Kier molecular flexibility index (Phi) is 4.92. The monoisotopic (exact) mass is 216 g/mol. The normalized spacial score (nSPS) is 28.5. The first-order valence-electron chi connectivity index (χ1n) is 6.97. The molecule has 0 spiro atoms. The molecule has 0 atom stereocenters. The van der Waals surface area contributed by atoms with Crippen molar-refractivity contribution in [2.75, 3.05) is 0 Å². The van der Waals surface area contributed by atoms with Crippen molar-refractivity contribution in [2.24, 2.45) is 11.8 Å². The number of hydrogen-bond acceptors (Lipinski definition) is 0. The van der Waals surface area contributed by atoms with Crippen LogP contribution in [0.2, 0.25) is 0 Å². The summed E-state index contributed by atoms with van der Waals surface area (Å²) in [5.41, 5.74) is 0. The first kappa shape index (κ1) is 11.7. The molecule has 0 aliphatic heterocycles. The van der Waals surface area contributed by atoms with Crippen molar-refractivity contribution >= 4 is 0 Å². The van der Waals surface area contributed by atoms with Crippen LogP contribution in [-0.4, -0.2) is 0 Å². The van der Waals surface area contributed by atoms with Gasteiger partial charge in [0.2, 0.25) is 0 Å². The van der Waals surface area contributed by atoms with Gasteiger partial charge in [-0.2, -0.15) is 0 Å². The van der Waals surface area contributed by atoms with Gasteiger partial charge < -0.3 is 0 Å². The summed E-state index contributed by atoms with van der Waals surface area (Å²) in [4.78, 5) is 0. The van der Waals surface area contributed by atoms with Crippen LogP contribution in [0.1, 0.15) is 51.4 Å². The zero-order chi connectivity index (χ0) is 11.1. The number of hydrogen-bond donors (Lipinski definition) is 0. The highest BCUT2D eigenvalue weighted by Crippen LogP contribution is 2.39. The van der Waals surface area contributed by atoms with Crippen LogP contribution in [0.4, 0.5) is 0 Å². The second-order valence-corrected chi connectivity index (χ2v) is 5.24. The standard InChI is InChI=1S/C10H18.C6H6/c1-2-6-10-8-4-3-7-9(10)5-1;1-2-4-6-5-3-1/h9-10H,1-8H2;1-6H. The fraction of sp³-hybridized carbons (Fsp3) is 0.625. The van der Waals surface area contributed by atoms with Crippen LogP contribution in [0.3, 0.4) is 0 Å². The molecule has 0 nitrogen and oxygen atoms in total. The molecule has 88 valence electrons. The third kappa shape index (κ3) is 3.66. The summed E-state index contributed by atoms with van der Waals surface area (Å²) in [7, 11) is 0. The van der Waals surface area contributed by atoms with Crippen LogP contribution < -0.4 is 0 Å². The Labute approximate surface area is 100 Å². The molecule has 2 aliphatic rings. The van der Waals surface area contributed by atoms with Crippen LogP contribution in [0.15, 0.2) is 36.4 Å². The van der Waals surface area contributed by atoms with Crippen LogP contribution >= 0.6 is 0 Å². The van der Waals surface area contributed by atoms with Crippen molar-refractivity contribution in [1.29, 1.82) is 0 Å². The zero-order valence-electron chi connectivity index (χ0n) is 10.3. The Hall–Kier alpha value is -0.780. The molecule has 2 fully saturated rings. The van der Waals surface area contributed by atoms with E-state index in [9.17, 15) is 0 Å². The molecule has 0 N–H and O–H groups in total. The van der Waals surface area contributed by atoms with Crippen LogP contribution in [0.5, 0.6) is 0 Å². The van der Waals surface area contributed by atoms with Gasteiger partial charge in [0, 0.05) is 0 Å². The molecule has 0 bridgehead atoms. The summed E-state index contributed by atoms with van der Waals surface area (Å²) in [6.07, 6.45) is 12.4. The van der Waals surface area contributed by atoms with E-state index >= 15 is 0 Å². The third-order valence-corrected chi connectivity index (χ3v) is 4.13. The van der Waals surface area contributed by atoms with Crippen molar-refractivity contribution in [1.82, 2.24) is 0 Å². The van der Waals surface area contributed by atoms with Gasteiger partial charge in [0.1, 0.15) is 0 Å². The molecule has 1 aromatic carbocycles. The molecule has 3 rings (SSSR count). The van der Waals surface area contributed by atoms with Crippen molar-refractivity contribution in [3.63, 3.8) is 0 Å². The lowest BCUT2D eigenvalue weighted by Crippen LogP contribution is -2.22. The lowest BCUT2D eigenvalue weighted by molar-refractivity contribution is 0.171. The summed E-state index contributed by atoms with van der Waals surface area (Å²) in [6, 6.07) is 12.0. The second-order valence-electron chi connectivity index (χ2n) is 5.24. The van der Waals surface area contributed by atoms with Crippen molar-refractivity contribution in [2.45, 2.75) is 51.4 Å². The van der Waals surface area contributed by atoms with Crippen molar-refractivity contribution in [3.8, 4) is 0 Å². The molecule has 2 aliphatic carbocycles. The van der Waals surface area contributed by atoms with Gasteiger partial charge in [-0.3, -0.25) is 0 Å². The highest BCUT2D eigenvalue weighted by atomic mass is 14.3. The molecule has 0 aromatic heterocycles. The lowest BCUT2D eigenvalue weighted by atomic mass is 9.71. The molecule has 0 heterocycles. The van der Waals surface area contributed by atoms with Gasteiger partial charge in [-0.1, -0.05) is 87.8 Å². The smallest absolute Gasteiger partial charge is 0.0386 e. The van der Waals surface area contributed by atoms with Gasteiger partial charge in [-0.05, 0) is 11.8 Å². The molecule has 16 heavy (non-hydrogen) atoms. The van der Waals surface area contributed by atoms with Gasteiger partial charge in [0.25, 0.3) is 0 Å².